The molecule has 1 aromatic heterocycles. The molecule has 0 saturated carbocycles. The van der Waals surface area contributed by atoms with E-state index in [4.69, 9.17) is 0 Å². The third kappa shape index (κ3) is 2.56. The zero-order chi connectivity index (χ0) is 10.6. The van der Waals surface area contributed by atoms with Crippen LogP contribution in [0.2, 0.25) is 0 Å². The van der Waals surface area contributed by atoms with Crippen LogP contribution >= 0.6 is 11.3 Å². The molecule has 0 bridgehead atoms. The summed E-state index contributed by atoms with van der Waals surface area (Å²) in [6, 6.07) is 1.08. The summed E-state index contributed by atoms with van der Waals surface area (Å²) in [5, 5.41) is 6.05. The van der Waals surface area contributed by atoms with E-state index in [1.165, 1.54) is 18.4 Å². The first-order valence-electron chi connectivity index (χ1n) is 4.06. The maximum atomic E-state index is 11.4. The van der Waals surface area contributed by atoms with Gasteiger partial charge in [0.2, 0.25) is 0 Å². The number of carbonyl (C=O) groups excluding carboxylic acids is 2. The van der Waals surface area contributed by atoms with Gasteiger partial charge in [0, 0.05) is 5.38 Å². The summed E-state index contributed by atoms with van der Waals surface area (Å²) in [7, 11) is 1.29. The molecule has 0 aliphatic rings. The lowest BCUT2D eigenvalue weighted by Crippen LogP contribution is -2.38. The van der Waals surface area contributed by atoms with Crippen molar-refractivity contribution in [2.24, 2.45) is 0 Å². The van der Waals surface area contributed by atoms with E-state index >= 15 is 0 Å². The van der Waals surface area contributed by atoms with Crippen molar-refractivity contribution in [3.63, 3.8) is 0 Å². The fraction of sp³-hybridized carbons (Fsp3) is 0.333. The predicted octanol–water partition coefficient (Wildman–Crippen LogP) is 1.04. The van der Waals surface area contributed by atoms with Crippen LogP contribution in [-0.2, 0) is 9.53 Å². The summed E-state index contributed by atoms with van der Waals surface area (Å²) in [4.78, 5) is 22.4. The van der Waals surface area contributed by atoms with E-state index in [-0.39, 0.29) is 5.91 Å². The average Bonchev–Trinajstić information content (AvgIpc) is 2.69. The van der Waals surface area contributed by atoms with Gasteiger partial charge in [0.05, 0.1) is 12.7 Å². The smallest absolute Gasteiger partial charge is 0.328 e. The van der Waals surface area contributed by atoms with Crippen molar-refractivity contribution in [3.05, 3.63) is 22.4 Å². The lowest BCUT2D eigenvalue weighted by molar-refractivity contribution is -0.142. The second-order valence-corrected chi connectivity index (χ2v) is 3.51. The number of carbonyl (C=O) groups is 2. The molecule has 4 nitrogen and oxygen atoms in total. The first-order valence-corrected chi connectivity index (χ1v) is 5.00. The second kappa shape index (κ2) is 4.76. The van der Waals surface area contributed by atoms with Crippen LogP contribution in [0.5, 0.6) is 0 Å². The van der Waals surface area contributed by atoms with Crippen LogP contribution in [0.15, 0.2) is 16.8 Å². The number of rotatable bonds is 3. The zero-order valence-electron chi connectivity index (χ0n) is 7.94. The summed E-state index contributed by atoms with van der Waals surface area (Å²) in [6.45, 7) is 1.58. The summed E-state index contributed by atoms with van der Waals surface area (Å²) in [5.41, 5.74) is 0.561. The van der Waals surface area contributed by atoms with E-state index in [9.17, 15) is 9.59 Å². The molecule has 14 heavy (non-hydrogen) atoms. The minimum absolute atomic E-state index is 0.260. The monoisotopic (exact) mass is 213 g/mol. The van der Waals surface area contributed by atoms with Gasteiger partial charge in [-0.25, -0.2) is 4.79 Å². The number of hydrogen-bond acceptors (Lipinski definition) is 4. The minimum atomic E-state index is -0.618. The molecule has 5 heteroatoms. The molecule has 0 radical (unpaired) electrons. The highest BCUT2D eigenvalue weighted by Crippen LogP contribution is 2.05. The molecular formula is C9H11NO3S. The highest BCUT2D eigenvalue weighted by atomic mass is 32.1. The lowest BCUT2D eigenvalue weighted by Gasteiger charge is -2.10. The number of thiophene rings is 1. The van der Waals surface area contributed by atoms with Crippen LogP contribution in [0, 0.1) is 0 Å². The summed E-state index contributed by atoms with van der Waals surface area (Å²) < 4.78 is 4.48. The first-order chi connectivity index (χ1) is 6.65. The molecule has 1 amide bonds. The van der Waals surface area contributed by atoms with Crippen molar-refractivity contribution in [1.82, 2.24) is 5.32 Å². The standard InChI is InChI=1S/C9H11NO3S/c1-6(9(12)13-2)10-8(11)7-3-4-14-5-7/h3-6H,1-2H3,(H,10,11). The minimum Gasteiger partial charge on any atom is -0.467 e. The van der Waals surface area contributed by atoms with Gasteiger partial charge in [-0.1, -0.05) is 0 Å². The van der Waals surface area contributed by atoms with Gasteiger partial charge in [-0.15, -0.1) is 0 Å². The SMILES string of the molecule is COC(=O)C(C)NC(=O)c1ccsc1. The van der Waals surface area contributed by atoms with Crippen LogP contribution in [0.4, 0.5) is 0 Å². The number of hydrogen-bond donors (Lipinski definition) is 1. The molecule has 1 unspecified atom stereocenters. The largest absolute Gasteiger partial charge is 0.467 e. The van der Waals surface area contributed by atoms with Gasteiger partial charge in [0.15, 0.2) is 0 Å². The van der Waals surface area contributed by atoms with Gasteiger partial charge in [-0.05, 0) is 18.4 Å². The number of nitrogens with one attached hydrogen (secondary N) is 1. The van der Waals surface area contributed by atoms with E-state index in [0.29, 0.717) is 5.56 Å². The Morgan fingerprint density at radius 3 is 2.79 bits per heavy atom. The first kappa shape index (κ1) is 10.7. The van der Waals surface area contributed by atoms with Crippen molar-refractivity contribution in [1.29, 1.82) is 0 Å². The summed E-state index contributed by atoms with van der Waals surface area (Å²) in [6.07, 6.45) is 0. The van der Waals surface area contributed by atoms with E-state index in [2.05, 4.69) is 10.1 Å². The highest BCUT2D eigenvalue weighted by Gasteiger charge is 2.16. The van der Waals surface area contributed by atoms with E-state index in [1.54, 1.807) is 23.8 Å². The predicted molar refractivity (Wildman–Crippen MR) is 53.3 cm³/mol. The van der Waals surface area contributed by atoms with Crippen LogP contribution in [-0.4, -0.2) is 25.0 Å². The molecule has 0 aliphatic carbocycles. The Morgan fingerprint density at radius 1 is 1.57 bits per heavy atom. The Kier molecular flexibility index (Phi) is 3.64. The third-order valence-electron chi connectivity index (χ3n) is 1.69. The van der Waals surface area contributed by atoms with Crippen molar-refractivity contribution in [3.8, 4) is 0 Å². The van der Waals surface area contributed by atoms with Gasteiger partial charge in [-0.2, -0.15) is 11.3 Å². The molecule has 0 saturated heterocycles. The topological polar surface area (TPSA) is 55.4 Å². The number of amides is 1. The highest BCUT2D eigenvalue weighted by molar-refractivity contribution is 7.08. The Morgan fingerprint density at radius 2 is 2.29 bits per heavy atom. The molecule has 1 aromatic rings. The molecule has 1 rings (SSSR count). The molecule has 0 aromatic carbocycles. The second-order valence-electron chi connectivity index (χ2n) is 2.73. The van der Waals surface area contributed by atoms with E-state index < -0.39 is 12.0 Å². The number of methoxy groups -OCH3 is 1. The average molecular weight is 213 g/mol. The van der Waals surface area contributed by atoms with Crippen molar-refractivity contribution >= 4 is 23.2 Å². The normalized spacial score (nSPS) is 11.9. The third-order valence-corrected chi connectivity index (χ3v) is 2.37. The zero-order valence-corrected chi connectivity index (χ0v) is 8.76. The summed E-state index contributed by atoms with van der Waals surface area (Å²) >= 11 is 1.43. The quantitative estimate of drug-likeness (QED) is 0.763. The maximum Gasteiger partial charge on any atom is 0.328 e. The molecule has 76 valence electrons. The van der Waals surface area contributed by atoms with Crippen LogP contribution in [0.3, 0.4) is 0 Å². The molecule has 0 aliphatic heterocycles. The van der Waals surface area contributed by atoms with E-state index in [0.717, 1.165) is 0 Å². The Balaban J connectivity index is 2.53. The Bertz CT molecular complexity index is 321. The van der Waals surface area contributed by atoms with Crippen LogP contribution in [0.25, 0.3) is 0 Å². The molecular weight excluding hydrogens is 202 g/mol. The molecule has 0 fully saturated rings. The molecule has 0 spiro atoms. The van der Waals surface area contributed by atoms with Gasteiger partial charge in [-0.3, -0.25) is 4.79 Å². The van der Waals surface area contributed by atoms with Gasteiger partial charge in [0.25, 0.3) is 5.91 Å². The summed E-state index contributed by atoms with van der Waals surface area (Å²) in [5.74, 6) is -0.710. The number of esters is 1. The Labute approximate surface area is 85.9 Å². The lowest BCUT2D eigenvalue weighted by atomic mass is 10.3. The van der Waals surface area contributed by atoms with Crippen molar-refractivity contribution < 1.29 is 14.3 Å². The maximum absolute atomic E-state index is 11.4. The van der Waals surface area contributed by atoms with Crippen LogP contribution < -0.4 is 5.32 Å². The fourth-order valence-corrected chi connectivity index (χ4v) is 1.55. The van der Waals surface area contributed by atoms with Gasteiger partial charge < -0.3 is 10.1 Å². The van der Waals surface area contributed by atoms with Gasteiger partial charge in [0.1, 0.15) is 6.04 Å². The number of ether oxygens (including phenoxy) is 1. The van der Waals surface area contributed by atoms with Crippen molar-refractivity contribution in [2.75, 3.05) is 7.11 Å². The van der Waals surface area contributed by atoms with Crippen LogP contribution in [0.1, 0.15) is 17.3 Å². The molecule has 1 atom stereocenters. The van der Waals surface area contributed by atoms with Crippen molar-refractivity contribution in [2.45, 2.75) is 13.0 Å². The van der Waals surface area contributed by atoms with Gasteiger partial charge >= 0.3 is 5.97 Å². The molecule has 1 heterocycles. The Hall–Kier alpha value is -1.36. The van der Waals surface area contributed by atoms with E-state index in [1.807, 2.05) is 0 Å². The molecule has 1 N–H and O–H groups in total. The fourth-order valence-electron chi connectivity index (χ4n) is 0.909.